The number of likely N-dealkylation sites (tertiary alicyclic amines) is 1. The lowest BCUT2D eigenvalue weighted by Crippen LogP contribution is -2.39. The van der Waals surface area contributed by atoms with Gasteiger partial charge >= 0.3 is 0 Å². The van der Waals surface area contributed by atoms with Crippen LogP contribution >= 0.6 is 15.9 Å². The highest BCUT2D eigenvalue weighted by Crippen LogP contribution is 2.26. The summed E-state index contributed by atoms with van der Waals surface area (Å²) in [5.41, 5.74) is -0.137. The average Bonchev–Trinajstić information content (AvgIpc) is 2.61. The van der Waals surface area contributed by atoms with Gasteiger partial charge in [-0.25, -0.2) is 8.78 Å². The second kappa shape index (κ2) is 5.47. The number of anilines is 1. The van der Waals surface area contributed by atoms with Gasteiger partial charge in [0.05, 0.1) is 16.6 Å². The van der Waals surface area contributed by atoms with Gasteiger partial charge in [0.25, 0.3) is 5.91 Å². The normalized spacial score (nSPS) is 19.1. The number of rotatable bonds is 3. The van der Waals surface area contributed by atoms with Crippen molar-refractivity contribution in [2.45, 2.75) is 32.4 Å². The average molecular weight is 347 g/mol. The van der Waals surface area contributed by atoms with E-state index in [1.807, 2.05) is 0 Å². The molecule has 0 aromatic heterocycles. The molecule has 1 aromatic rings. The van der Waals surface area contributed by atoms with E-state index >= 15 is 0 Å². The van der Waals surface area contributed by atoms with E-state index in [0.29, 0.717) is 0 Å². The molecule has 0 bridgehead atoms. The summed E-state index contributed by atoms with van der Waals surface area (Å²) in [6.07, 6.45) is -0.0614. The van der Waals surface area contributed by atoms with E-state index in [0.717, 1.165) is 17.0 Å². The third-order valence-electron chi connectivity index (χ3n) is 3.04. The largest absolute Gasteiger partial charge is 0.371 e. The maximum atomic E-state index is 13.7. The number of nitrogens with one attached hydrogen (secondary N) is 1. The van der Waals surface area contributed by atoms with Crippen LogP contribution in [0, 0.1) is 11.6 Å². The van der Waals surface area contributed by atoms with E-state index in [-0.39, 0.29) is 28.5 Å². The van der Waals surface area contributed by atoms with Gasteiger partial charge < -0.3 is 5.32 Å². The zero-order valence-corrected chi connectivity index (χ0v) is 12.5. The summed E-state index contributed by atoms with van der Waals surface area (Å²) in [7, 11) is 0. The third kappa shape index (κ3) is 2.67. The number of nitrogens with zero attached hydrogens (tertiary/aromatic N) is 1. The molecule has 1 saturated heterocycles. The summed E-state index contributed by atoms with van der Waals surface area (Å²) in [5, 5.41) is 2.59. The summed E-state index contributed by atoms with van der Waals surface area (Å²) in [4.78, 5) is 24.9. The van der Waals surface area contributed by atoms with E-state index in [2.05, 4.69) is 21.2 Å². The molecule has 2 rings (SSSR count). The molecule has 1 unspecified atom stereocenters. The minimum absolute atomic E-state index is 0.00168. The smallest absolute Gasteiger partial charge is 0.252 e. The van der Waals surface area contributed by atoms with E-state index in [1.54, 1.807) is 13.8 Å². The number of halogens is 3. The van der Waals surface area contributed by atoms with Crippen molar-refractivity contribution >= 4 is 33.4 Å². The van der Waals surface area contributed by atoms with Gasteiger partial charge in [0.15, 0.2) is 0 Å². The van der Waals surface area contributed by atoms with Gasteiger partial charge in [0.1, 0.15) is 17.7 Å². The summed E-state index contributed by atoms with van der Waals surface area (Å²) < 4.78 is 27.1. The molecule has 20 heavy (non-hydrogen) atoms. The van der Waals surface area contributed by atoms with Gasteiger partial charge in [-0.2, -0.15) is 0 Å². The van der Waals surface area contributed by atoms with Crippen LogP contribution in [0.4, 0.5) is 14.5 Å². The fraction of sp³-hybridized carbons (Fsp3) is 0.385. The fourth-order valence-corrected chi connectivity index (χ4v) is 2.44. The van der Waals surface area contributed by atoms with Crippen LogP contribution in [0.3, 0.4) is 0 Å². The van der Waals surface area contributed by atoms with Crippen molar-refractivity contribution in [2.24, 2.45) is 0 Å². The quantitative estimate of drug-likeness (QED) is 0.676. The summed E-state index contributed by atoms with van der Waals surface area (Å²) in [6.45, 7) is 3.44. The lowest BCUT2D eigenvalue weighted by molar-refractivity contribution is -0.140. The van der Waals surface area contributed by atoms with Crippen LogP contribution in [0.5, 0.6) is 0 Å². The number of carbonyl (C=O) groups is 2. The van der Waals surface area contributed by atoms with Crippen molar-refractivity contribution in [2.75, 3.05) is 5.32 Å². The Balaban J connectivity index is 2.22. The zero-order valence-electron chi connectivity index (χ0n) is 10.9. The Bertz CT molecular complexity index is 578. The van der Waals surface area contributed by atoms with Gasteiger partial charge in [-0.05, 0) is 35.8 Å². The third-order valence-corrected chi connectivity index (χ3v) is 3.65. The van der Waals surface area contributed by atoms with Crippen molar-refractivity contribution in [3.63, 3.8) is 0 Å². The second-order valence-electron chi connectivity index (χ2n) is 4.84. The minimum Gasteiger partial charge on any atom is -0.371 e. The molecule has 1 aliphatic heterocycles. The van der Waals surface area contributed by atoms with Crippen LogP contribution in [0.15, 0.2) is 16.6 Å². The number of imide groups is 1. The Hall–Kier alpha value is -1.50. The molecule has 0 spiro atoms. The summed E-state index contributed by atoms with van der Waals surface area (Å²) >= 11 is 2.87. The lowest BCUT2D eigenvalue weighted by Gasteiger charge is -2.19. The van der Waals surface area contributed by atoms with Gasteiger partial charge in [0.2, 0.25) is 5.91 Å². The topological polar surface area (TPSA) is 49.4 Å². The van der Waals surface area contributed by atoms with E-state index < -0.39 is 23.6 Å². The Kier molecular flexibility index (Phi) is 4.08. The van der Waals surface area contributed by atoms with Gasteiger partial charge in [0, 0.05) is 12.1 Å². The maximum Gasteiger partial charge on any atom is 0.252 e. The molecule has 1 atom stereocenters. The number of benzene rings is 1. The van der Waals surface area contributed by atoms with E-state index in [9.17, 15) is 18.4 Å². The van der Waals surface area contributed by atoms with Crippen LogP contribution in [0.25, 0.3) is 0 Å². The highest BCUT2D eigenvalue weighted by molar-refractivity contribution is 9.10. The Morgan fingerprint density at radius 2 is 1.95 bits per heavy atom. The van der Waals surface area contributed by atoms with Crippen molar-refractivity contribution in [3.8, 4) is 0 Å². The van der Waals surface area contributed by atoms with Crippen LogP contribution < -0.4 is 5.32 Å². The van der Waals surface area contributed by atoms with Gasteiger partial charge in [-0.3, -0.25) is 14.5 Å². The summed E-state index contributed by atoms with van der Waals surface area (Å²) in [5.74, 6) is -2.08. The molecule has 7 heteroatoms. The highest BCUT2D eigenvalue weighted by Gasteiger charge is 2.40. The molecule has 0 saturated carbocycles. The molecule has 1 fully saturated rings. The molecular weight excluding hydrogens is 334 g/mol. The molecule has 1 aromatic carbocycles. The van der Waals surface area contributed by atoms with Crippen LogP contribution in [-0.2, 0) is 9.59 Å². The first-order valence-electron chi connectivity index (χ1n) is 6.08. The van der Waals surface area contributed by atoms with Gasteiger partial charge in [-0.1, -0.05) is 0 Å². The van der Waals surface area contributed by atoms with Crippen LogP contribution in [0.2, 0.25) is 0 Å². The first-order valence-corrected chi connectivity index (χ1v) is 6.87. The standard InChI is InChI=1S/C13H13BrF2N2O2/c1-6(2)18-12(19)5-11(13(18)20)17-10-4-8(15)7(14)3-9(10)16/h3-4,6,11,17H,5H2,1-2H3. The zero-order chi connectivity index (χ0) is 15.0. The molecule has 0 aliphatic carbocycles. The second-order valence-corrected chi connectivity index (χ2v) is 5.70. The minimum atomic E-state index is -0.861. The Morgan fingerprint density at radius 3 is 2.50 bits per heavy atom. The molecule has 4 nitrogen and oxygen atoms in total. The molecular formula is C13H13BrF2N2O2. The Morgan fingerprint density at radius 1 is 1.30 bits per heavy atom. The number of hydrogen-bond acceptors (Lipinski definition) is 3. The van der Waals surface area contributed by atoms with Gasteiger partial charge in [-0.15, -0.1) is 0 Å². The van der Waals surface area contributed by atoms with E-state index in [1.165, 1.54) is 0 Å². The highest BCUT2D eigenvalue weighted by atomic mass is 79.9. The molecule has 2 amide bonds. The fourth-order valence-electron chi connectivity index (χ4n) is 2.13. The summed E-state index contributed by atoms with van der Waals surface area (Å²) in [6, 6.07) is 0.808. The first-order chi connectivity index (χ1) is 9.31. The maximum absolute atomic E-state index is 13.7. The molecule has 0 radical (unpaired) electrons. The van der Waals surface area contributed by atoms with Crippen molar-refractivity contribution in [1.82, 2.24) is 4.90 Å². The number of hydrogen-bond donors (Lipinski definition) is 1. The predicted octanol–water partition coefficient (Wildman–Crippen LogP) is 2.68. The molecule has 108 valence electrons. The van der Waals surface area contributed by atoms with Crippen LogP contribution in [-0.4, -0.2) is 28.8 Å². The monoisotopic (exact) mass is 346 g/mol. The first kappa shape index (κ1) is 14.9. The van der Waals surface area contributed by atoms with Crippen molar-refractivity contribution in [1.29, 1.82) is 0 Å². The predicted molar refractivity (Wildman–Crippen MR) is 73.1 cm³/mol. The lowest BCUT2D eigenvalue weighted by atomic mass is 10.2. The van der Waals surface area contributed by atoms with Crippen molar-refractivity contribution < 1.29 is 18.4 Å². The van der Waals surface area contributed by atoms with Crippen molar-refractivity contribution in [3.05, 3.63) is 28.2 Å². The van der Waals surface area contributed by atoms with E-state index in [4.69, 9.17) is 0 Å². The molecule has 1 N–H and O–H groups in total. The SMILES string of the molecule is CC(C)N1C(=O)CC(Nc2cc(F)c(Br)cc2F)C1=O. The van der Waals surface area contributed by atoms with Crippen LogP contribution in [0.1, 0.15) is 20.3 Å². The number of carbonyl (C=O) groups excluding carboxylic acids is 2. The number of amides is 2. The molecule has 1 heterocycles. The molecule has 1 aliphatic rings. The Labute approximate surface area is 123 Å².